The van der Waals surface area contributed by atoms with Crippen LogP contribution in [0, 0.1) is 0 Å². The lowest BCUT2D eigenvalue weighted by Gasteiger charge is -1.95. The van der Waals surface area contributed by atoms with Gasteiger partial charge in [-0.05, 0) is 47.5 Å². The number of hydrogen-bond donors (Lipinski definition) is 0. The van der Waals surface area contributed by atoms with Crippen LogP contribution in [0.1, 0.15) is 0 Å². The van der Waals surface area contributed by atoms with Crippen molar-refractivity contribution in [3.8, 4) is 40.4 Å². The maximum atomic E-state index is 2.39. The topological polar surface area (TPSA) is 0 Å². The van der Waals surface area contributed by atoms with E-state index in [1.54, 1.807) is 0 Å². The molecule has 0 aliphatic carbocycles. The molecule has 0 aliphatic heterocycles. The Kier molecular flexibility index (Phi) is 4.85. The fourth-order valence-electron chi connectivity index (χ4n) is 4.03. The first-order chi connectivity index (χ1) is 16.3. The first-order valence-electron chi connectivity index (χ1n) is 10.6. The predicted octanol–water partition coefficient (Wildman–Crippen LogP) is 11.0. The monoisotopic (exact) mass is 512 g/mol. The van der Waals surface area contributed by atoms with Crippen LogP contribution in [0.5, 0.6) is 0 Å². The lowest BCUT2D eigenvalue weighted by atomic mass is 10.2. The molecule has 0 spiro atoms. The number of hydrogen-bond acceptors (Lipinski definition) is 5. The summed E-state index contributed by atoms with van der Waals surface area (Å²) in [6.45, 7) is 0. The molecule has 7 aromatic rings. The highest BCUT2D eigenvalue weighted by Crippen LogP contribution is 2.50. The summed E-state index contributed by atoms with van der Waals surface area (Å²) < 4.78 is 5.70. The molecule has 0 aliphatic rings. The normalized spacial score (nSPS) is 11.6. The van der Waals surface area contributed by atoms with Crippen molar-refractivity contribution < 1.29 is 0 Å². The molecule has 5 heterocycles. The van der Waals surface area contributed by atoms with Crippen molar-refractivity contribution in [2.75, 3.05) is 0 Å². The molecule has 33 heavy (non-hydrogen) atoms. The summed E-state index contributed by atoms with van der Waals surface area (Å²) in [5.74, 6) is 0. The molecule has 0 atom stereocenters. The van der Waals surface area contributed by atoms with E-state index in [9.17, 15) is 0 Å². The molecular weight excluding hydrogens is 497 g/mol. The third kappa shape index (κ3) is 3.52. The van der Waals surface area contributed by atoms with E-state index in [2.05, 4.69) is 97.1 Å². The molecule has 2 aromatic carbocycles. The maximum Gasteiger partial charge on any atom is 0.0636 e. The van der Waals surface area contributed by atoms with Crippen molar-refractivity contribution in [3.05, 3.63) is 97.1 Å². The first kappa shape index (κ1) is 19.9. The van der Waals surface area contributed by atoms with Gasteiger partial charge in [-0.25, -0.2) is 0 Å². The van der Waals surface area contributed by atoms with Crippen molar-refractivity contribution in [2.45, 2.75) is 0 Å². The average molecular weight is 513 g/mol. The summed E-state index contributed by atoms with van der Waals surface area (Å²) in [6.07, 6.45) is 0. The minimum Gasteiger partial charge on any atom is -0.134 e. The van der Waals surface area contributed by atoms with E-state index >= 15 is 0 Å². The lowest BCUT2D eigenvalue weighted by Crippen LogP contribution is -1.67. The van der Waals surface area contributed by atoms with E-state index in [4.69, 9.17) is 0 Å². The molecule has 5 aromatic heterocycles. The third-order valence-corrected chi connectivity index (χ3v) is 12.1. The van der Waals surface area contributed by atoms with Gasteiger partial charge in [-0.2, -0.15) is 0 Å². The molecule has 0 unspecified atom stereocenters. The van der Waals surface area contributed by atoms with Crippen LogP contribution in [0.3, 0.4) is 0 Å². The zero-order chi connectivity index (χ0) is 21.8. The first-order valence-corrected chi connectivity index (χ1v) is 14.7. The zero-order valence-corrected chi connectivity index (χ0v) is 21.4. The molecular formula is C28H16S5. The Morgan fingerprint density at radius 3 is 1.21 bits per heavy atom. The van der Waals surface area contributed by atoms with Gasteiger partial charge in [0.2, 0.25) is 0 Å². The predicted molar refractivity (Wildman–Crippen MR) is 153 cm³/mol. The largest absolute Gasteiger partial charge is 0.134 e. The standard InChI is InChI=1S/C28H16S5/c1-3-7-17(8-4-1)19-11-13-21(29-19)23-15-25-27(32-23)28-26(31-25)16-24(33-28)22-14-12-20(30-22)18-9-5-2-6-10-18/h1-16H. The quantitative estimate of drug-likeness (QED) is 0.220. The molecule has 0 nitrogen and oxygen atoms in total. The summed E-state index contributed by atoms with van der Waals surface area (Å²) >= 11 is 9.58. The van der Waals surface area contributed by atoms with E-state index in [-0.39, 0.29) is 0 Å². The third-order valence-electron chi connectivity index (χ3n) is 5.64. The summed E-state index contributed by atoms with van der Waals surface area (Å²) in [6, 6.07) is 35.2. The van der Waals surface area contributed by atoms with Crippen molar-refractivity contribution >= 4 is 75.5 Å². The van der Waals surface area contributed by atoms with Crippen LogP contribution in [0.2, 0.25) is 0 Å². The van der Waals surface area contributed by atoms with Crippen molar-refractivity contribution in [2.24, 2.45) is 0 Å². The molecule has 0 radical (unpaired) electrons. The summed E-state index contributed by atoms with van der Waals surface area (Å²) in [4.78, 5) is 8.14. The highest BCUT2D eigenvalue weighted by atomic mass is 32.1. The summed E-state index contributed by atoms with van der Waals surface area (Å²) in [7, 11) is 0. The number of thiophene rings is 5. The van der Waals surface area contributed by atoms with Gasteiger partial charge in [0.05, 0.1) is 9.40 Å². The van der Waals surface area contributed by atoms with Gasteiger partial charge >= 0.3 is 0 Å². The highest BCUT2D eigenvalue weighted by Gasteiger charge is 2.16. The molecule has 7 rings (SSSR count). The van der Waals surface area contributed by atoms with Crippen molar-refractivity contribution in [3.63, 3.8) is 0 Å². The van der Waals surface area contributed by atoms with Crippen molar-refractivity contribution in [1.29, 1.82) is 0 Å². The minimum atomic E-state index is 1.29. The lowest BCUT2D eigenvalue weighted by molar-refractivity contribution is 1.70. The van der Waals surface area contributed by atoms with Gasteiger partial charge in [0.15, 0.2) is 0 Å². The Bertz CT molecular complexity index is 1580. The smallest absolute Gasteiger partial charge is 0.0636 e. The molecule has 5 heteroatoms. The SMILES string of the molecule is c1ccc(-c2ccc(-c3cc4sc5cc(-c6ccc(-c7ccccc7)s6)sc5c4s3)s2)cc1. The van der Waals surface area contributed by atoms with Gasteiger partial charge < -0.3 is 0 Å². The van der Waals surface area contributed by atoms with Crippen molar-refractivity contribution in [1.82, 2.24) is 0 Å². The van der Waals surface area contributed by atoms with Crippen LogP contribution < -0.4 is 0 Å². The second kappa shape index (κ2) is 8.05. The van der Waals surface area contributed by atoms with Crippen LogP contribution in [0.15, 0.2) is 97.1 Å². The number of benzene rings is 2. The Hall–Kier alpha value is -2.54. The van der Waals surface area contributed by atoms with Crippen LogP contribution in [0.25, 0.3) is 59.2 Å². The van der Waals surface area contributed by atoms with Gasteiger partial charge in [-0.15, -0.1) is 56.7 Å². The van der Waals surface area contributed by atoms with Gasteiger partial charge in [0.1, 0.15) is 0 Å². The molecule has 0 amide bonds. The summed E-state index contributed by atoms with van der Waals surface area (Å²) in [5, 5.41) is 0. The van der Waals surface area contributed by atoms with Crippen LogP contribution in [-0.4, -0.2) is 0 Å². The molecule has 158 valence electrons. The number of rotatable bonds is 4. The molecule has 0 fully saturated rings. The molecule has 0 saturated carbocycles. The van der Waals surface area contributed by atoms with E-state index in [0.717, 1.165) is 0 Å². The fraction of sp³-hybridized carbons (Fsp3) is 0. The average Bonchev–Trinajstić information content (AvgIpc) is 3.66. The second-order valence-electron chi connectivity index (χ2n) is 7.77. The van der Waals surface area contributed by atoms with E-state index in [1.165, 1.54) is 59.2 Å². The molecule has 0 N–H and O–H groups in total. The maximum absolute atomic E-state index is 2.39. The molecule has 0 bridgehead atoms. The molecule has 0 saturated heterocycles. The zero-order valence-electron chi connectivity index (χ0n) is 17.3. The van der Waals surface area contributed by atoms with Gasteiger partial charge in [0, 0.05) is 38.7 Å². The van der Waals surface area contributed by atoms with Crippen LogP contribution >= 0.6 is 56.7 Å². The van der Waals surface area contributed by atoms with E-state index < -0.39 is 0 Å². The fourth-order valence-corrected chi connectivity index (χ4v) is 10.2. The van der Waals surface area contributed by atoms with Gasteiger partial charge in [-0.1, -0.05) is 60.7 Å². The Morgan fingerprint density at radius 1 is 0.333 bits per heavy atom. The van der Waals surface area contributed by atoms with Gasteiger partial charge in [-0.3, -0.25) is 0 Å². The van der Waals surface area contributed by atoms with E-state index in [1.807, 2.05) is 56.7 Å². The van der Waals surface area contributed by atoms with Gasteiger partial charge in [0.25, 0.3) is 0 Å². The second-order valence-corrected chi connectivity index (χ2v) is 13.1. The highest BCUT2D eigenvalue weighted by molar-refractivity contribution is 7.41. The Balaban J connectivity index is 1.24. The number of fused-ring (bicyclic) bond motifs is 3. The van der Waals surface area contributed by atoms with Crippen LogP contribution in [-0.2, 0) is 0 Å². The summed E-state index contributed by atoms with van der Waals surface area (Å²) in [5.41, 5.74) is 2.59. The van der Waals surface area contributed by atoms with E-state index in [0.29, 0.717) is 0 Å². The minimum absolute atomic E-state index is 1.29. The Morgan fingerprint density at radius 2 is 0.758 bits per heavy atom. The van der Waals surface area contributed by atoms with Crippen LogP contribution in [0.4, 0.5) is 0 Å². The Labute approximate surface area is 211 Å².